The zero-order valence-corrected chi connectivity index (χ0v) is 13.9. The summed E-state index contributed by atoms with van der Waals surface area (Å²) in [4.78, 5) is 11.6. The van der Waals surface area contributed by atoms with Gasteiger partial charge in [0.2, 0.25) is 0 Å². The molecule has 0 unspecified atom stereocenters. The van der Waals surface area contributed by atoms with E-state index in [1.54, 1.807) is 6.20 Å². The smallest absolute Gasteiger partial charge is 0.128 e. The van der Waals surface area contributed by atoms with Crippen molar-refractivity contribution in [3.63, 3.8) is 0 Å². The predicted molar refractivity (Wildman–Crippen MR) is 92.8 cm³/mol. The van der Waals surface area contributed by atoms with Crippen LogP contribution in [0, 0.1) is 0 Å². The Hall–Kier alpha value is -2.53. The molecule has 0 aliphatic carbocycles. The molecule has 0 spiro atoms. The maximum absolute atomic E-state index is 4.71. The van der Waals surface area contributed by atoms with Crippen molar-refractivity contribution in [3.05, 3.63) is 71.6 Å². The minimum Gasteiger partial charge on any atom is -0.293 e. The van der Waals surface area contributed by atoms with Crippen molar-refractivity contribution in [1.82, 2.24) is 24.6 Å². The summed E-state index contributed by atoms with van der Waals surface area (Å²) in [5.41, 5.74) is 4.91. The minimum atomic E-state index is 0.891. The molecular formula is C19H21N5. The fourth-order valence-corrected chi connectivity index (χ4v) is 3.14. The van der Waals surface area contributed by atoms with Gasteiger partial charge in [-0.3, -0.25) is 4.90 Å². The monoisotopic (exact) mass is 319 g/mol. The first kappa shape index (κ1) is 15.0. The van der Waals surface area contributed by atoms with Gasteiger partial charge in [-0.1, -0.05) is 19.1 Å². The summed E-state index contributed by atoms with van der Waals surface area (Å²) in [5.74, 6) is 0.944. The van der Waals surface area contributed by atoms with Crippen LogP contribution in [0.15, 0.2) is 48.9 Å². The fraction of sp³-hybridized carbons (Fsp3) is 0.316. The van der Waals surface area contributed by atoms with E-state index in [4.69, 9.17) is 4.98 Å². The Morgan fingerprint density at radius 2 is 2.04 bits per heavy atom. The number of benzene rings is 1. The predicted octanol–water partition coefficient (Wildman–Crippen LogP) is 2.78. The van der Waals surface area contributed by atoms with Gasteiger partial charge in [-0.15, -0.1) is 0 Å². The zero-order chi connectivity index (χ0) is 16.4. The number of aryl methyl sites for hydroxylation is 1. The van der Waals surface area contributed by atoms with Crippen LogP contribution in [0.3, 0.4) is 0 Å². The van der Waals surface area contributed by atoms with Crippen molar-refractivity contribution >= 4 is 0 Å². The zero-order valence-electron chi connectivity index (χ0n) is 13.9. The maximum Gasteiger partial charge on any atom is 0.128 e. The molecule has 5 nitrogen and oxygen atoms in total. The summed E-state index contributed by atoms with van der Waals surface area (Å²) in [6.45, 7) is 5.02. The molecule has 3 aromatic rings. The van der Waals surface area contributed by atoms with E-state index in [9.17, 15) is 0 Å². The Morgan fingerprint density at radius 1 is 1.17 bits per heavy atom. The van der Waals surface area contributed by atoms with Crippen LogP contribution < -0.4 is 0 Å². The van der Waals surface area contributed by atoms with E-state index in [0.717, 1.165) is 44.0 Å². The van der Waals surface area contributed by atoms with Gasteiger partial charge in [-0.2, -0.15) is 5.10 Å². The molecule has 4 rings (SSSR count). The van der Waals surface area contributed by atoms with Gasteiger partial charge in [-0.25, -0.2) is 14.6 Å². The number of fused-ring (bicyclic) bond motifs is 1. The van der Waals surface area contributed by atoms with E-state index >= 15 is 0 Å². The van der Waals surface area contributed by atoms with E-state index in [2.05, 4.69) is 46.2 Å². The molecule has 0 radical (unpaired) electrons. The highest BCUT2D eigenvalue weighted by Gasteiger charge is 2.18. The lowest BCUT2D eigenvalue weighted by molar-refractivity contribution is 0.240. The fourth-order valence-electron chi connectivity index (χ4n) is 3.14. The molecule has 0 bridgehead atoms. The molecule has 1 aliphatic heterocycles. The number of nitrogens with zero attached hydrogens (tertiary/aromatic N) is 5. The number of hydrogen-bond donors (Lipinski definition) is 0. The third-order valence-electron chi connectivity index (χ3n) is 4.50. The van der Waals surface area contributed by atoms with Crippen LogP contribution in [0.25, 0.3) is 5.69 Å². The van der Waals surface area contributed by atoms with Crippen LogP contribution in [-0.2, 0) is 25.9 Å². The lowest BCUT2D eigenvalue weighted by Crippen LogP contribution is -2.31. The summed E-state index contributed by atoms with van der Waals surface area (Å²) in [5, 5.41) is 4.27. The number of hydrogen-bond acceptors (Lipinski definition) is 4. The minimum absolute atomic E-state index is 0.891. The van der Waals surface area contributed by atoms with Crippen molar-refractivity contribution in [3.8, 4) is 5.69 Å². The van der Waals surface area contributed by atoms with Gasteiger partial charge in [0.1, 0.15) is 5.82 Å². The van der Waals surface area contributed by atoms with Gasteiger partial charge >= 0.3 is 0 Å². The average Bonchev–Trinajstić information content (AvgIpc) is 3.16. The van der Waals surface area contributed by atoms with Crippen LogP contribution in [0.5, 0.6) is 0 Å². The van der Waals surface area contributed by atoms with E-state index in [1.165, 1.54) is 16.8 Å². The molecule has 1 aromatic carbocycles. The first-order valence-electron chi connectivity index (χ1n) is 8.47. The first-order chi connectivity index (χ1) is 11.8. The number of aromatic nitrogens is 4. The van der Waals surface area contributed by atoms with E-state index in [-0.39, 0.29) is 0 Å². The molecule has 3 heterocycles. The highest BCUT2D eigenvalue weighted by molar-refractivity contribution is 5.34. The molecule has 24 heavy (non-hydrogen) atoms. The van der Waals surface area contributed by atoms with Gasteiger partial charge in [0.05, 0.1) is 11.4 Å². The topological polar surface area (TPSA) is 46.8 Å². The van der Waals surface area contributed by atoms with Crippen LogP contribution in [0.1, 0.15) is 29.6 Å². The lowest BCUT2D eigenvalue weighted by Gasteiger charge is -2.28. The third kappa shape index (κ3) is 3.08. The molecule has 0 saturated heterocycles. The van der Waals surface area contributed by atoms with Crippen molar-refractivity contribution < 1.29 is 0 Å². The molecule has 0 N–H and O–H groups in total. The van der Waals surface area contributed by atoms with Crippen LogP contribution >= 0.6 is 0 Å². The Balaban J connectivity index is 1.46. The van der Waals surface area contributed by atoms with Gasteiger partial charge in [0.15, 0.2) is 0 Å². The van der Waals surface area contributed by atoms with Crippen molar-refractivity contribution in [2.24, 2.45) is 0 Å². The van der Waals surface area contributed by atoms with Crippen molar-refractivity contribution in [2.45, 2.75) is 32.9 Å². The molecule has 122 valence electrons. The highest BCUT2D eigenvalue weighted by atomic mass is 15.3. The Kier molecular flexibility index (Phi) is 4.09. The van der Waals surface area contributed by atoms with Gasteiger partial charge in [0, 0.05) is 44.6 Å². The molecule has 0 saturated carbocycles. The Morgan fingerprint density at radius 3 is 2.79 bits per heavy atom. The molecular weight excluding hydrogens is 298 g/mol. The first-order valence-corrected chi connectivity index (χ1v) is 8.47. The molecule has 0 fully saturated rings. The van der Waals surface area contributed by atoms with Gasteiger partial charge in [0.25, 0.3) is 0 Å². The maximum atomic E-state index is 4.71. The quantitative estimate of drug-likeness (QED) is 0.742. The molecule has 2 aromatic heterocycles. The van der Waals surface area contributed by atoms with E-state index in [0.29, 0.717) is 0 Å². The highest BCUT2D eigenvalue weighted by Crippen LogP contribution is 2.19. The second kappa shape index (κ2) is 6.53. The molecule has 1 aliphatic rings. The largest absolute Gasteiger partial charge is 0.293 e. The van der Waals surface area contributed by atoms with Crippen LogP contribution in [-0.4, -0.2) is 31.2 Å². The van der Waals surface area contributed by atoms with E-state index in [1.807, 2.05) is 23.1 Å². The van der Waals surface area contributed by atoms with Crippen molar-refractivity contribution in [1.29, 1.82) is 0 Å². The Labute approximate surface area is 142 Å². The summed E-state index contributed by atoms with van der Waals surface area (Å²) in [7, 11) is 0. The Bertz CT molecular complexity index is 808. The van der Waals surface area contributed by atoms with Crippen molar-refractivity contribution in [2.75, 3.05) is 6.54 Å². The SMILES string of the molecule is CCc1ncc2c(n1)CN(Cc1ccc(-n3cccn3)cc1)CC2. The summed E-state index contributed by atoms with van der Waals surface area (Å²) in [6, 6.07) is 10.6. The second-order valence-corrected chi connectivity index (χ2v) is 6.19. The average molecular weight is 319 g/mol. The number of rotatable bonds is 4. The van der Waals surface area contributed by atoms with Crippen LogP contribution in [0.2, 0.25) is 0 Å². The molecule has 0 amide bonds. The van der Waals surface area contributed by atoms with E-state index < -0.39 is 0 Å². The summed E-state index contributed by atoms with van der Waals surface area (Å²) in [6.07, 6.45) is 7.69. The molecule has 0 atom stereocenters. The third-order valence-corrected chi connectivity index (χ3v) is 4.50. The summed E-state index contributed by atoms with van der Waals surface area (Å²) >= 11 is 0. The summed E-state index contributed by atoms with van der Waals surface area (Å²) < 4.78 is 1.88. The van der Waals surface area contributed by atoms with Gasteiger partial charge in [-0.05, 0) is 35.7 Å². The second-order valence-electron chi connectivity index (χ2n) is 6.19. The standard InChI is InChI=1S/C19H21N5/c1-2-19-20-12-16-8-11-23(14-18(16)22-19)13-15-4-6-17(7-5-15)24-10-3-9-21-24/h3-7,9-10,12H,2,8,11,13-14H2,1H3. The molecule has 5 heteroatoms. The normalized spacial score (nSPS) is 14.5. The van der Waals surface area contributed by atoms with Gasteiger partial charge < -0.3 is 0 Å². The lowest BCUT2D eigenvalue weighted by atomic mass is 10.1. The van der Waals surface area contributed by atoms with Crippen LogP contribution in [0.4, 0.5) is 0 Å².